The minimum Gasteiger partial charge on any atom is -0.330 e. The molecule has 84 valence electrons. The molecule has 1 aromatic heterocycles. The molecule has 0 aliphatic heterocycles. The summed E-state index contributed by atoms with van der Waals surface area (Å²) in [7, 11) is 0. The first-order chi connectivity index (χ1) is 7.15. The maximum absolute atomic E-state index is 5.56. The summed E-state index contributed by atoms with van der Waals surface area (Å²) < 4.78 is 0. The van der Waals surface area contributed by atoms with Gasteiger partial charge in [-0.1, -0.05) is 18.7 Å². The molecule has 1 aromatic rings. The molecule has 1 atom stereocenters. The third kappa shape index (κ3) is 4.18. The summed E-state index contributed by atoms with van der Waals surface area (Å²) in [5.74, 6) is 0. The highest BCUT2D eigenvalue weighted by Crippen LogP contribution is 2.24. The van der Waals surface area contributed by atoms with Crippen molar-refractivity contribution in [3.8, 4) is 0 Å². The van der Waals surface area contributed by atoms with E-state index in [1.807, 2.05) is 19.9 Å². The third-order valence-electron chi connectivity index (χ3n) is 2.18. The second kappa shape index (κ2) is 6.08. The molecule has 0 bridgehead atoms. The van der Waals surface area contributed by atoms with Gasteiger partial charge in [-0.2, -0.15) is 0 Å². The van der Waals surface area contributed by atoms with Crippen LogP contribution in [0.1, 0.15) is 31.2 Å². The molecule has 1 rings (SSSR count). The van der Waals surface area contributed by atoms with Gasteiger partial charge in [-0.25, -0.2) is 9.97 Å². The van der Waals surface area contributed by atoms with Crippen LogP contribution in [0.4, 0.5) is 0 Å². The lowest BCUT2D eigenvalue weighted by atomic mass is 10.2. The molecule has 1 unspecified atom stereocenters. The van der Waals surface area contributed by atoms with Crippen molar-refractivity contribution in [1.29, 1.82) is 0 Å². The zero-order chi connectivity index (χ0) is 11.3. The topological polar surface area (TPSA) is 51.8 Å². The minimum atomic E-state index is 0.538. The van der Waals surface area contributed by atoms with Gasteiger partial charge in [0.15, 0.2) is 5.16 Å². The van der Waals surface area contributed by atoms with Gasteiger partial charge < -0.3 is 5.73 Å². The standard InChI is InChI=1S/C11H19N3S/c1-4-10(5-6-12)15-11-13-8(2)7-9(3)14-11/h7,10H,4-6,12H2,1-3H3. The Morgan fingerprint density at radius 1 is 1.33 bits per heavy atom. The highest BCUT2D eigenvalue weighted by atomic mass is 32.2. The molecule has 0 aliphatic carbocycles. The Morgan fingerprint density at radius 3 is 2.40 bits per heavy atom. The van der Waals surface area contributed by atoms with Gasteiger partial charge in [0.25, 0.3) is 0 Å². The molecule has 0 aromatic carbocycles. The normalized spacial score (nSPS) is 12.8. The van der Waals surface area contributed by atoms with Crippen molar-refractivity contribution >= 4 is 11.8 Å². The summed E-state index contributed by atoms with van der Waals surface area (Å²) >= 11 is 1.74. The lowest BCUT2D eigenvalue weighted by molar-refractivity contribution is 0.739. The summed E-state index contributed by atoms with van der Waals surface area (Å²) in [5, 5.41) is 1.42. The number of aromatic nitrogens is 2. The molecule has 0 aliphatic rings. The molecular formula is C11H19N3S. The van der Waals surface area contributed by atoms with Crippen molar-refractivity contribution in [1.82, 2.24) is 9.97 Å². The van der Waals surface area contributed by atoms with Gasteiger partial charge in [0.05, 0.1) is 0 Å². The van der Waals surface area contributed by atoms with Gasteiger partial charge in [-0.05, 0) is 39.3 Å². The van der Waals surface area contributed by atoms with E-state index in [1.54, 1.807) is 11.8 Å². The Hall–Kier alpha value is -0.610. The van der Waals surface area contributed by atoms with Crippen LogP contribution in [-0.2, 0) is 0 Å². The monoisotopic (exact) mass is 225 g/mol. The zero-order valence-corrected chi connectivity index (χ0v) is 10.5. The molecular weight excluding hydrogens is 206 g/mol. The molecule has 2 N–H and O–H groups in total. The molecule has 15 heavy (non-hydrogen) atoms. The van der Waals surface area contributed by atoms with E-state index in [0.29, 0.717) is 5.25 Å². The van der Waals surface area contributed by atoms with Gasteiger partial charge >= 0.3 is 0 Å². The average Bonchev–Trinajstić information content (AvgIpc) is 2.15. The van der Waals surface area contributed by atoms with E-state index in [9.17, 15) is 0 Å². The first-order valence-electron chi connectivity index (χ1n) is 5.34. The number of aryl methyl sites for hydroxylation is 2. The van der Waals surface area contributed by atoms with Crippen molar-refractivity contribution in [2.24, 2.45) is 5.73 Å². The summed E-state index contributed by atoms with van der Waals surface area (Å²) in [4.78, 5) is 8.83. The number of nitrogens with two attached hydrogens (primary N) is 1. The Labute approximate surface area is 95.9 Å². The summed E-state index contributed by atoms with van der Waals surface area (Å²) in [6, 6.07) is 1.99. The third-order valence-corrected chi connectivity index (χ3v) is 3.47. The lowest BCUT2D eigenvalue weighted by Gasteiger charge is -2.12. The molecule has 4 heteroatoms. The Morgan fingerprint density at radius 2 is 1.93 bits per heavy atom. The van der Waals surface area contributed by atoms with Gasteiger partial charge in [0, 0.05) is 16.6 Å². The first-order valence-corrected chi connectivity index (χ1v) is 6.22. The summed E-state index contributed by atoms with van der Waals surface area (Å²) in [6.45, 7) is 6.91. The van der Waals surface area contributed by atoms with E-state index in [2.05, 4.69) is 16.9 Å². The highest BCUT2D eigenvalue weighted by molar-refractivity contribution is 7.99. The maximum atomic E-state index is 5.56. The first kappa shape index (κ1) is 12.5. The minimum absolute atomic E-state index is 0.538. The predicted molar refractivity (Wildman–Crippen MR) is 65.1 cm³/mol. The van der Waals surface area contributed by atoms with Crippen molar-refractivity contribution < 1.29 is 0 Å². The van der Waals surface area contributed by atoms with E-state index in [0.717, 1.165) is 35.9 Å². The molecule has 0 saturated carbocycles. The quantitative estimate of drug-likeness (QED) is 0.617. The number of hydrogen-bond donors (Lipinski definition) is 1. The van der Waals surface area contributed by atoms with Crippen molar-refractivity contribution in [2.75, 3.05) is 6.54 Å². The van der Waals surface area contributed by atoms with E-state index in [1.165, 1.54) is 0 Å². The van der Waals surface area contributed by atoms with Crippen LogP contribution in [0.15, 0.2) is 11.2 Å². The van der Waals surface area contributed by atoms with Crippen LogP contribution in [0, 0.1) is 13.8 Å². The van der Waals surface area contributed by atoms with Crippen LogP contribution >= 0.6 is 11.8 Å². The van der Waals surface area contributed by atoms with Gasteiger partial charge in [0.2, 0.25) is 0 Å². The summed E-state index contributed by atoms with van der Waals surface area (Å²) in [5.41, 5.74) is 7.63. The van der Waals surface area contributed by atoms with E-state index in [-0.39, 0.29) is 0 Å². The van der Waals surface area contributed by atoms with Crippen LogP contribution in [0.3, 0.4) is 0 Å². The number of nitrogens with zero attached hydrogens (tertiary/aromatic N) is 2. The molecule has 0 fully saturated rings. The molecule has 0 spiro atoms. The molecule has 1 heterocycles. The van der Waals surface area contributed by atoms with E-state index in [4.69, 9.17) is 5.73 Å². The maximum Gasteiger partial charge on any atom is 0.188 e. The zero-order valence-electron chi connectivity index (χ0n) is 9.66. The molecule has 3 nitrogen and oxygen atoms in total. The fourth-order valence-corrected chi connectivity index (χ4v) is 2.54. The Bertz CT molecular complexity index is 294. The lowest BCUT2D eigenvalue weighted by Crippen LogP contribution is -2.10. The second-order valence-corrected chi connectivity index (χ2v) is 4.93. The fraction of sp³-hybridized carbons (Fsp3) is 0.636. The van der Waals surface area contributed by atoms with Gasteiger partial charge in [0.1, 0.15) is 0 Å². The number of hydrogen-bond acceptors (Lipinski definition) is 4. The molecule has 0 amide bonds. The molecule has 0 radical (unpaired) electrons. The highest BCUT2D eigenvalue weighted by Gasteiger charge is 2.09. The van der Waals surface area contributed by atoms with Crippen LogP contribution < -0.4 is 5.73 Å². The second-order valence-electron chi connectivity index (χ2n) is 3.66. The molecule has 0 saturated heterocycles. The SMILES string of the molecule is CCC(CCN)Sc1nc(C)cc(C)n1. The Balaban J connectivity index is 2.69. The number of rotatable bonds is 5. The Kier molecular flexibility index (Phi) is 5.05. The fourth-order valence-electron chi connectivity index (χ4n) is 1.43. The number of thioether (sulfide) groups is 1. The van der Waals surface area contributed by atoms with E-state index < -0.39 is 0 Å². The van der Waals surface area contributed by atoms with Crippen LogP contribution in [0.5, 0.6) is 0 Å². The predicted octanol–water partition coefficient (Wildman–Crippen LogP) is 2.31. The smallest absolute Gasteiger partial charge is 0.188 e. The van der Waals surface area contributed by atoms with Crippen LogP contribution in [-0.4, -0.2) is 21.8 Å². The largest absolute Gasteiger partial charge is 0.330 e. The van der Waals surface area contributed by atoms with Crippen LogP contribution in [0.2, 0.25) is 0 Å². The van der Waals surface area contributed by atoms with E-state index >= 15 is 0 Å². The van der Waals surface area contributed by atoms with Crippen LogP contribution in [0.25, 0.3) is 0 Å². The average molecular weight is 225 g/mol. The summed E-state index contributed by atoms with van der Waals surface area (Å²) in [6.07, 6.45) is 2.13. The van der Waals surface area contributed by atoms with Crippen molar-refractivity contribution in [2.45, 2.75) is 44.0 Å². The van der Waals surface area contributed by atoms with Crippen molar-refractivity contribution in [3.05, 3.63) is 17.5 Å². The van der Waals surface area contributed by atoms with Crippen molar-refractivity contribution in [3.63, 3.8) is 0 Å². The van der Waals surface area contributed by atoms with Gasteiger partial charge in [-0.3, -0.25) is 0 Å². The van der Waals surface area contributed by atoms with Gasteiger partial charge in [-0.15, -0.1) is 0 Å².